The van der Waals surface area contributed by atoms with E-state index in [2.05, 4.69) is 5.32 Å². The van der Waals surface area contributed by atoms with Gasteiger partial charge >= 0.3 is 0 Å². The Bertz CT molecular complexity index is 338. The minimum absolute atomic E-state index is 0.563. The van der Waals surface area contributed by atoms with Gasteiger partial charge in [-0.05, 0) is 27.7 Å². The molecule has 0 aliphatic rings. The van der Waals surface area contributed by atoms with Gasteiger partial charge in [0.25, 0.3) is 0 Å². The van der Waals surface area contributed by atoms with E-state index in [-0.39, 0.29) is 0 Å². The van der Waals surface area contributed by atoms with Crippen LogP contribution in [0.4, 0.5) is 0 Å². The first-order valence-electron chi connectivity index (χ1n) is 4.56. The quantitative estimate of drug-likeness (QED) is 0.703. The molecule has 15 heavy (non-hydrogen) atoms. The number of nitrogens with one attached hydrogen (secondary N) is 1. The first-order chi connectivity index (χ1) is 6.35. The van der Waals surface area contributed by atoms with Gasteiger partial charge in [0, 0.05) is 6.26 Å². The Morgan fingerprint density at radius 3 is 1.93 bits per heavy atom. The lowest BCUT2D eigenvalue weighted by Crippen LogP contribution is -2.58. The number of rotatable bonds is 4. The Morgan fingerprint density at radius 2 is 1.67 bits per heavy atom. The standard InChI is InChI=1S/C9H19NO4S/c1-8(2,9(3,4)12)10-7(11)6-15(5,13)14/h12H,6H2,1-5H3,(H,10,11). The largest absolute Gasteiger partial charge is 0.388 e. The summed E-state index contributed by atoms with van der Waals surface area (Å²) >= 11 is 0. The number of aliphatic hydroxyl groups is 1. The predicted octanol–water partition coefficient (Wildman–Crippen LogP) is -0.303. The maximum atomic E-state index is 11.3. The molecule has 1 amide bonds. The highest BCUT2D eigenvalue weighted by Crippen LogP contribution is 2.20. The fourth-order valence-electron chi connectivity index (χ4n) is 0.776. The summed E-state index contributed by atoms with van der Waals surface area (Å²) in [6.07, 6.45) is 0.990. The van der Waals surface area contributed by atoms with Crippen LogP contribution in [0.3, 0.4) is 0 Å². The zero-order chi connectivity index (χ0) is 12.5. The molecule has 0 saturated carbocycles. The van der Waals surface area contributed by atoms with Gasteiger partial charge in [0.05, 0.1) is 11.1 Å². The highest BCUT2D eigenvalue weighted by Gasteiger charge is 2.36. The highest BCUT2D eigenvalue weighted by atomic mass is 32.2. The molecule has 0 fully saturated rings. The number of sulfone groups is 1. The predicted molar refractivity (Wildman–Crippen MR) is 58.2 cm³/mol. The van der Waals surface area contributed by atoms with Crippen LogP contribution in [0.2, 0.25) is 0 Å². The Kier molecular flexibility index (Phi) is 3.93. The third-order valence-corrected chi connectivity index (χ3v) is 3.16. The monoisotopic (exact) mass is 237 g/mol. The van der Waals surface area contributed by atoms with E-state index in [1.807, 2.05) is 0 Å². The van der Waals surface area contributed by atoms with Crippen LogP contribution < -0.4 is 5.32 Å². The molecule has 0 aromatic rings. The Hall–Kier alpha value is -0.620. The summed E-state index contributed by atoms with van der Waals surface area (Å²) in [5.41, 5.74) is -2.01. The minimum atomic E-state index is -3.33. The molecule has 2 N–H and O–H groups in total. The molecule has 0 radical (unpaired) electrons. The van der Waals surface area contributed by atoms with E-state index in [4.69, 9.17) is 0 Å². The van der Waals surface area contributed by atoms with Crippen LogP contribution in [0, 0.1) is 0 Å². The van der Waals surface area contributed by atoms with Crippen molar-refractivity contribution in [2.75, 3.05) is 12.0 Å². The molecule has 0 aromatic heterocycles. The molecule has 0 aromatic carbocycles. The normalized spacial score (nSPS) is 13.7. The zero-order valence-corrected chi connectivity index (χ0v) is 10.6. The van der Waals surface area contributed by atoms with Crippen molar-refractivity contribution in [1.82, 2.24) is 5.32 Å². The van der Waals surface area contributed by atoms with Gasteiger partial charge in [0.1, 0.15) is 5.75 Å². The number of carbonyl (C=O) groups is 1. The van der Waals surface area contributed by atoms with Crippen molar-refractivity contribution in [2.24, 2.45) is 0 Å². The van der Waals surface area contributed by atoms with E-state index >= 15 is 0 Å². The Morgan fingerprint density at radius 1 is 1.27 bits per heavy atom. The van der Waals surface area contributed by atoms with E-state index in [1.165, 1.54) is 0 Å². The lowest BCUT2D eigenvalue weighted by Gasteiger charge is -2.37. The van der Waals surface area contributed by atoms with E-state index in [0.29, 0.717) is 0 Å². The molecule has 0 heterocycles. The minimum Gasteiger partial charge on any atom is -0.388 e. The summed E-state index contributed by atoms with van der Waals surface area (Å²) in [5, 5.41) is 12.2. The topological polar surface area (TPSA) is 83.5 Å². The van der Waals surface area contributed by atoms with Gasteiger partial charge in [-0.25, -0.2) is 8.42 Å². The maximum Gasteiger partial charge on any atom is 0.235 e. The van der Waals surface area contributed by atoms with Crippen LogP contribution in [0.5, 0.6) is 0 Å². The summed E-state index contributed by atoms with van der Waals surface area (Å²) in [5.74, 6) is -1.17. The maximum absolute atomic E-state index is 11.3. The van der Waals surface area contributed by atoms with Crippen molar-refractivity contribution in [3.05, 3.63) is 0 Å². The number of carbonyl (C=O) groups excluding carboxylic acids is 1. The molecule has 0 rings (SSSR count). The number of amides is 1. The lowest BCUT2D eigenvalue weighted by molar-refractivity contribution is -0.123. The Labute approximate surface area is 90.8 Å². The van der Waals surface area contributed by atoms with E-state index in [1.54, 1.807) is 27.7 Å². The van der Waals surface area contributed by atoms with Gasteiger partial charge in [-0.15, -0.1) is 0 Å². The molecular weight excluding hydrogens is 218 g/mol. The first-order valence-corrected chi connectivity index (χ1v) is 6.62. The van der Waals surface area contributed by atoms with Gasteiger partial charge in [-0.1, -0.05) is 0 Å². The molecular formula is C9H19NO4S. The third-order valence-electron chi connectivity index (χ3n) is 2.37. The van der Waals surface area contributed by atoms with Crippen LogP contribution in [0.15, 0.2) is 0 Å². The van der Waals surface area contributed by atoms with Crippen molar-refractivity contribution in [2.45, 2.75) is 38.8 Å². The molecule has 0 aliphatic heterocycles. The molecule has 0 spiro atoms. The third kappa shape index (κ3) is 5.13. The van der Waals surface area contributed by atoms with Crippen molar-refractivity contribution < 1.29 is 18.3 Å². The highest BCUT2D eigenvalue weighted by molar-refractivity contribution is 7.91. The van der Waals surface area contributed by atoms with Gasteiger partial charge < -0.3 is 10.4 Å². The van der Waals surface area contributed by atoms with Gasteiger partial charge in [0.15, 0.2) is 9.84 Å². The molecule has 0 saturated heterocycles. The van der Waals surface area contributed by atoms with E-state index in [0.717, 1.165) is 6.26 Å². The molecule has 0 unspecified atom stereocenters. The van der Waals surface area contributed by atoms with Crippen LogP contribution in [0.1, 0.15) is 27.7 Å². The average molecular weight is 237 g/mol. The number of hydrogen-bond acceptors (Lipinski definition) is 4. The van der Waals surface area contributed by atoms with Gasteiger partial charge in [-0.3, -0.25) is 4.79 Å². The fourth-order valence-corrected chi connectivity index (χ4v) is 1.32. The summed E-state index contributed by atoms with van der Waals surface area (Å²) in [4.78, 5) is 11.3. The molecule has 0 atom stereocenters. The second kappa shape index (κ2) is 4.09. The fraction of sp³-hybridized carbons (Fsp3) is 0.889. The molecule has 0 bridgehead atoms. The van der Waals surface area contributed by atoms with E-state index in [9.17, 15) is 18.3 Å². The second-order valence-electron chi connectivity index (χ2n) is 4.80. The van der Waals surface area contributed by atoms with Crippen LogP contribution in [0.25, 0.3) is 0 Å². The smallest absolute Gasteiger partial charge is 0.235 e. The summed E-state index contributed by atoms with van der Waals surface area (Å²) in [6.45, 7) is 6.36. The van der Waals surface area contributed by atoms with Gasteiger partial charge in [-0.2, -0.15) is 0 Å². The number of hydrogen-bond donors (Lipinski definition) is 2. The average Bonchev–Trinajstić information content (AvgIpc) is 1.75. The van der Waals surface area contributed by atoms with E-state index < -0.39 is 32.6 Å². The first kappa shape index (κ1) is 14.4. The summed E-state index contributed by atoms with van der Waals surface area (Å²) < 4.78 is 21.7. The van der Waals surface area contributed by atoms with Gasteiger partial charge in [0.2, 0.25) is 5.91 Å². The molecule has 6 heteroatoms. The van der Waals surface area contributed by atoms with Crippen molar-refractivity contribution in [3.63, 3.8) is 0 Å². The molecule has 90 valence electrons. The lowest BCUT2D eigenvalue weighted by atomic mass is 9.86. The summed E-state index contributed by atoms with van der Waals surface area (Å²) in [7, 11) is -3.33. The molecule has 0 aliphatic carbocycles. The molecule has 5 nitrogen and oxygen atoms in total. The van der Waals surface area contributed by atoms with Crippen molar-refractivity contribution in [1.29, 1.82) is 0 Å². The Balaban J connectivity index is 4.57. The zero-order valence-electron chi connectivity index (χ0n) is 9.79. The SMILES string of the molecule is CC(C)(O)C(C)(C)NC(=O)CS(C)(=O)=O. The van der Waals surface area contributed by atoms with Crippen LogP contribution in [-0.4, -0.2) is 42.6 Å². The second-order valence-corrected chi connectivity index (χ2v) is 6.94. The summed E-state index contributed by atoms with van der Waals surface area (Å²) in [6, 6.07) is 0. The van der Waals surface area contributed by atoms with Crippen LogP contribution in [-0.2, 0) is 14.6 Å². The van der Waals surface area contributed by atoms with Crippen LogP contribution >= 0.6 is 0 Å². The van der Waals surface area contributed by atoms with Crippen molar-refractivity contribution in [3.8, 4) is 0 Å². The van der Waals surface area contributed by atoms with Crippen molar-refractivity contribution >= 4 is 15.7 Å².